The monoisotopic (exact) mass is 114 g/mol. The molecule has 0 amide bonds. The van der Waals surface area contributed by atoms with E-state index in [0.29, 0.717) is 0 Å². The van der Waals surface area contributed by atoms with Crippen LogP contribution < -0.4 is 0 Å². The molecule has 0 saturated heterocycles. The van der Waals surface area contributed by atoms with Crippen molar-refractivity contribution in [1.82, 2.24) is 0 Å². The van der Waals surface area contributed by atoms with Crippen molar-refractivity contribution in [1.29, 1.82) is 0 Å². The summed E-state index contributed by atoms with van der Waals surface area (Å²) in [6.45, 7) is 3.92. The molecule has 0 aliphatic rings. The molecular weight excluding hydrogens is 98.9 g/mol. The number of hydrogen-bond acceptors (Lipinski definition) is 1. The molecule has 0 atom stereocenters. The Hall–Kier alpha value is 0.0249. The fraction of sp³-hybridized carbons (Fsp3) is 1.00. The van der Waals surface area contributed by atoms with E-state index in [9.17, 15) is 0 Å². The molecule has 0 unspecified atom stereocenters. The Kier molecular flexibility index (Phi) is 5.18. The van der Waals surface area contributed by atoms with Crippen LogP contribution >= 0.6 is 0 Å². The van der Waals surface area contributed by atoms with E-state index in [1.165, 1.54) is 19.3 Å². The van der Waals surface area contributed by atoms with Crippen LogP contribution in [0.3, 0.4) is 0 Å². The molecule has 0 spiro atoms. The Morgan fingerprint density at radius 3 is 2.38 bits per heavy atom. The Morgan fingerprint density at radius 1 is 1.38 bits per heavy atom. The second-order valence-corrected chi connectivity index (χ2v) is 2.34. The normalized spacial score (nSPS) is 9.38. The lowest BCUT2D eigenvalue weighted by Crippen LogP contribution is -2.03. The molecule has 8 heavy (non-hydrogen) atoms. The highest BCUT2D eigenvalue weighted by Gasteiger charge is 1.98. The Morgan fingerprint density at radius 2 is 2.00 bits per heavy atom. The smallest absolute Gasteiger partial charge is 0.285 e. The lowest BCUT2D eigenvalue weighted by Gasteiger charge is -1.96. The van der Waals surface area contributed by atoms with Crippen LogP contribution in [-0.2, 0) is 0 Å². The molecule has 0 aliphatic carbocycles. The molecule has 0 bridgehead atoms. The SMILES string of the molecule is CCCCCB(C)O. The fourth-order valence-corrected chi connectivity index (χ4v) is 0.690. The first-order valence-corrected chi connectivity index (χ1v) is 3.45. The molecule has 1 nitrogen and oxygen atoms in total. The van der Waals surface area contributed by atoms with Gasteiger partial charge in [-0.3, -0.25) is 0 Å². The van der Waals surface area contributed by atoms with E-state index < -0.39 is 0 Å². The van der Waals surface area contributed by atoms with Crippen molar-refractivity contribution in [3.63, 3.8) is 0 Å². The van der Waals surface area contributed by atoms with Gasteiger partial charge in [-0.1, -0.05) is 33.0 Å². The van der Waals surface area contributed by atoms with Gasteiger partial charge in [-0.05, 0) is 6.32 Å². The molecule has 0 heterocycles. The summed E-state index contributed by atoms with van der Waals surface area (Å²) in [6, 6.07) is 0. The zero-order valence-electron chi connectivity index (χ0n) is 5.85. The van der Waals surface area contributed by atoms with Gasteiger partial charge in [-0.25, -0.2) is 0 Å². The van der Waals surface area contributed by atoms with Crippen LogP contribution in [-0.4, -0.2) is 11.9 Å². The summed E-state index contributed by atoms with van der Waals surface area (Å²) in [7, 11) is 0. The molecule has 0 aliphatic heterocycles. The third-order valence-electron chi connectivity index (χ3n) is 1.23. The third-order valence-corrected chi connectivity index (χ3v) is 1.23. The summed E-state index contributed by atoms with van der Waals surface area (Å²) < 4.78 is 0. The zero-order chi connectivity index (χ0) is 6.41. The summed E-state index contributed by atoms with van der Waals surface area (Å²) in [6.07, 6.45) is 4.64. The van der Waals surface area contributed by atoms with Crippen LogP contribution in [0.1, 0.15) is 26.2 Å². The summed E-state index contributed by atoms with van der Waals surface area (Å²) in [5.41, 5.74) is 0. The molecule has 0 radical (unpaired) electrons. The van der Waals surface area contributed by atoms with E-state index in [1.807, 2.05) is 6.82 Å². The van der Waals surface area contributed by atoms with Crippen LogP contribution in [0.5, 0.6) is 0 Å². The van der Waals surface area contributed by atoms with E-state index in [4.69, 9.17) is 5.02 Å². The number of hydrogen-bond donors (Lipinski definition) is 1. The average molecular weight is 114 g/mol. The molecular formula is C6H15BO. The van der Waals surface area contributed by atoms with Crippen LogP contribution in [0.4, 0.5) is 0 Å². The average Bonchev–Trinajstić information content (AvgIpc) is 1.66. The van der Waals surface area contributed by atoms with Crippen LogP contribution in [0, 0.1) is 0 Å². The van der Waals surface area contributed by atoms with Crippen molar-refractivity contribution >= 4 is 6.92 Å². The molecule has 48 valence electrons. The van der Waals surface area contributed by atoms with Gasteiger partial charge in [0, 0.05) is 0 Å². The van der Waals surface area contributed by atoms with E-state index in [-0.39, 0.29) is 6.92 Å². The van der Waals surface area contributed by atoms with Gasteiger partial charge in [-0.15, -0.1) is 0 Å². The lowest BCUT2D eigenvalue weighted by atomic mass is 9.67. The second-order valence-electron chi connectivity index (χ2n) is 2.34. The minimum Gasteiger partial charge on any atom is -0.451 e. The molecule has 0 rings (SSSR count). The van der Waals surface area contributed by atoms with Gasteiger partial charge >= 0.3 is 0 Å². The predicted octanol–water partition coefficient (Wildman–Crippen LogP) is 1.79. The Bertz CT molecular complexity index is 45.8. The maximum Gasteiger partial charge on any atom is 0.285 e. The molecule has 2 heteroatoms. The first-order chi connectivity index (χ1) is 3.77. The van der Waals surface area contributed by atoms with Gasteiger partial charge in [0.1, 0.15) is 0 Å². The van der Waals surface area contributed by atoms with Crippen molar-refractivity contribution in [2.45, 2.75) is 39.3 Å². The van der Waals surface area contributed by atoms with Gasteiger partial charge in [-0.2, -0.15) is 0 Å². The van der Waals surface area contributed by atoms with Crippen LogP contribution in [0.25, 0.3) is 0 Å². The highest BCUT2D eigenvalue weighted by molar-refractivity contribution is 6.48. The van der Waals surface area contributed by atoms with Gasteiger partial charge in [0.05, 0.1) is 0 Å². The van der Waals surface area contributed by atoms with Gasteiger partial charge in [0.15, 0.2) is 0 Å². The minimum atomic E-state index is -0.0958. The fourth-order valence-electron chi connectivity index (χ4n) is 0.690. The Labute approximate surface area is 52.2 Å². The van der Waals surface area contributed by atoms with E-state index in [1.54, 1.807) is 0 Å². The summed E-state index contributed by atoms with van der Waals surface area (Å²) in [5, 5.41) is 8.78. The largest absolute Gasteiger partial charge is 0.451 e. The molecule has 1 N–H and O–H groups in total. The maximum absolute atomic E-state index is 8.78. The van der Waals surface area contributed by atoms with Gasteiger partial charge in [0.2, 0.25) is 0 Å². The first-order valence-electron chi connectivity index (χ1n) is 3.45. The van der Waals surface area contributed by atoms with Crippen LogP contribution in [0.15, 0.2) is 0 Å². The maximum atomic E-state index is 8.78. The van der Waals surface area contributed by atoms with E-state index in [2.05, 4.69) is 6.92 Å². The number of unbranched alkanes of at least 4 members (excludes halogenated alkanes) is 2. The molecule has 0 aromatic carbocycles. The zero-order valence-corrected chi connectivity index (χ0v) is 5.85. The predicted molar refractivity (Wildman–Crippen MR) is 38.2 cm³/mol. The summed E-state index contributed by atoms with van der Waals surface area (Å²) in [5.74, 6) is 0. The molecule has 0 aromatic heterocycles. The summed E-state index contributed by atoms with van der Waals surface area (Å²) in [4.78, 5) is 0. The van der Waals surface area contributed by atoms with Crippen molar-refractivity contribution in [3.8, 4) is 0 Å². The highest BCUT2D eigenvalue weighted by Crippen LogP contribution is 2.00. The minimum absolute atomic E-state index is 0.0958. The highest BCUT2D eigenvalue weighted by atomic mass is 16.2. The first kappa shape index (κ1) is 8.02. The standard InChI is InChI=1S/C6H15BO/c1-3-4-5-6-7(2)8/h8H,3-6H2,1-2H3. The topological polar surface area (TPSA) is 20.2 Å². The van der Waals surface area contributed by atoms with Crippen molar-refractivity contribution < 1.29 is 5.02 Å². The number of rotatable bonds is 4. The summed E-state index contributed by atoms with van der Waals surface area (Å²) >= 11 is 0. The second kappa shape index (κ2) is 5.17. The van der Waals surface area contributed by atoms with E-state index >= 15 is 0 Å². The van der Waals surface area contributed by atoms with Gasteiger partial charge in [0.25, 0.3) is 6.92 Å². The van der Waals surface area contributed by atoms with Crippen LogP contribution in [0.2, 0.25) is 13.1 Å². The van der Waals surface area contributed by atoms with E-state index in [0.717, 1.165) is 6.32 Å². The quantitative estimate of drug-likeness (QED) is 0.436. The van der Waals surface area contributed by atoms with Crippen molar-refractivity contribution in [2.75, 3.05) is 0 Å². The Balaban J connectivity index is 2.72. The molecule has 0 aromatic rings. The van der Waals surface area contributed by atoms with Gasteiger partial charge < -0.3 is 5.02 Å². The van der Waals surface area contributed by atoms with Crippen molar-refractivity contribution in [3.05, 3.63) is 0 Å². The lowest BCUT2D eigenvalue weighted by molar-refractivity contribution is 0.568. The van der Waals surface area contributed by atoms with Crippen molar-refractivity contribution in [2.24, 2.45) is 0 Å². The molecule has 0 saturated carbocycles. The third kappa shape index (κ3) is 6.02. The molecule has 0 fully saturated rings.